The number of aliphatic hydroxyl groups is 1. The number of carbonyl (C=O) groups is 1. The van der Waals surface area contributed by atoms with E-state index in [0.717, 1.165) is 50.0 Å². The molecule has 1 heterocycles. The Balaban J connectivity index is 1.43. The zero-order valence-electron chi connectivity index (χ0n) is 16.7. The molecular weight excluding hydrogens is 350 g/mol. The van der Waals surface area contributed by atoms with E-state index in [9.17, 15) is 9.90 Å². The standard InChI is InChI=1S/C24H29NO3/c1-18-8-10-20(11-9-18)24(22(26)28-2)16-21(24)17-25-14-12-23(27,13-15-25)19-6-4-3-5-7-19/h3-11,21,27H,12-17H2,1-2H3/t21-,24+/m1/s1. The molecule has 4 nitrogen and oxygen atoms in total. The molecule has 4 heteroatoms. The minimum absolute atomic E-state index is 0.126. The van der Waals surface area contributed by atoms with Gasteiger partial charge in [0.25, 0.3) is 0 Å². The first-order valence-electron chi connectivity index (χ1n) is 10.1. The Labute approximate surface area is 167 Å². The van der Waals surface area contributed by atoms with E-state index in [1.165, 1.54) is 12.7 Å². The molecule has 2 atom stereocenters. The maximum absolute atomic E-state index is 12.6. The van der Waals surface area contributed by atoms with Crippen molar-refractivity contribution in [2.45, 2.75) is 37.2 Å². The fourth-order valence-corrected chi connectivity index (χ4v) is 4.76. The van der Waals surface area contributed by atoms with Gasteiger partial charge in [-0.1, -0.05) is 60.2 Å². The first kappa shape index (κ1) is 19.2. The highest BCUT2D eigenvalue weighted by molar-refractivity contribution is 5.87. The minimum atomic E-state index is -0.738. The Hall–Kier alpha value is -2.17. The van der Waals surface area contributed by atoms with Crippen LogP contribution in [0.3, 0.4) is 0 Å². The predicted molar refractivity (Wildman–Crippen MR) is 109 cm³/mol. The summed E-state index contributed by atoms with van der Waals surface area (Å²) in [5.74, 6) is 0.143. The van der Waals surface area contributed by atoms with Crippen LogP contribution >= 0.6 is 0 Å². The van der Waals surface area contributed by atoms with Crippen molar-refractivity contribution in [1.29, 1.82) is 0 Å². The van der Waals surface area contributed by atoms with Crippen LogP contribution in [0.4, 0.5) is 0 Å². The molecule has 148 valence electrons. The van der Waals surface area contributed by atoms with Gasteiger partial charge < -0.3 is 14.7 Å². The van der Waals surface area contributed by atoms with Crippen molar-refractivity contribution in [1.82, 2.24) is 4.90 Å². The minimum Gasteiger partial charge on any atom is -0.468 e. The number of hydrogen-bond donors (Lipinski definition) is 1. The van der Waals surface area contributed by atoms with Gasteiger partial charge in [-0.2, -0.15) is 0 Å². The SMILES string of the molecule is COC(=O)[C@]1(c2ccc(C)cc2)C[C@@H]1CN1CCC(O)(c2ccccc2)CC1. The molecule has 0 aromatic heterocycles. The van der Waals surface area contributed by atoms with E-state index in [4.69, 9.17) is 4.74 Å². The Morgan fingerprint density at radius 1 is 1.07 bits per heavy atom. The van der Waals surface area contributed by atoms with Gasteiger partial charge in [0.2, 0.25) is 0 Å². The second-order valence-electron chi connectivity index (χ2n) is 8.43. The van der Waals surface area contributed by atoms with Crippen LogP contribution in [0.25, 0.3) is 0 Å². The van der Waals surface area contributed by atoms with E-state index in [1.807, 2.05) is 30.3 Å². The number of nitrogens with zero attached hydrogens (tertiary/aromatic N) is 1. The van der Waals surface area contributed by atoms with E-state index in [2.05, 4.69) is 36.1 Å². The molecule has 1 saturated carbocycles. The molecule has 28 heavy (non-hydrogen) atoms. The first-order chi connectivity index (χ1) is 13.5. The highest BCUT2D eigenvalue weighted by Crippen LogP contribution is 2.55. The second kappa shape index (κ2) is 7.34. The summed E-state index contributed by atoms with van der Waals surface area (Å²) in [6.45, 7) is 4.61. The number of methoxy groups -OCH3 is 1. The lowest BCUT2D eigenvalue weighted by atomic mass is 9.84. The molecule has 2 aromatic carbocycles. The van der Waals surface area contributed by atoms with Gasteiger partial charge in [-0.25, -0.2) is 0 Å². The van der Waals surface area contributed by atoms with Gasteiger partial charge in [0.05, 0.1) is 18.1 Å². The van der Waals surface area contributed by atoms with Crippen LogP contribution in [0.15, 0.2) is 54.6 Å². The van der Waals surface area contributed by atoms with Gasteiger partial charge in [-0.15, -0.1) is 0 Å². The number of hydrogen-bond acceptors (Lipinski definition) is 4. The highest BCUT2D eigenvalue weighted by atomic mass is 16.5. The summed E-state index contributed by atoms with van der Waals surface area (Å²) < 4.78 is 5.18. The molecule has 0 radical (unpaired) electrons. The third kappa shape index (κ3) is 3.36. The van der Waals surface area contributed by atoms with Gasteiger partial charge in [0.1, 0.15) is 0 Å². The van der Waals surface area contributed by atoms with E-state index in [1.54, 1.807) is 0 Å². The number of piperidine rings is 1. The molecule has 4 rings (SSSR count). The Morgan fingerprint density at radius 3 is 2.32 bits per heavy atom. The average Bonchev–Trinajstić information content (AvgIpc) is 3.45. The summed E-state index contributed by atoms with van der Waals surface area (Å²) in [5, 5.41) is 11.0. The normalized spacial score (nSPS) is 26.6. The summed E-state index contributed by atoms with van der Waals surface area (Å²) in [7, 11) is 1.48. The lowest BCUT2D eigenvalue weighted by Crippen LogP contribution is -2.44. The largest absolute Gasteiger partial charge is 0.468 e. The lowest BCUT2D eigenvalue weighted by molar-refractivity contribution is -0.144. The number of benzene rings is 2. The van der Waals surface area contributed by atoms with Crippen LogP contribution in [0.1, 0.15) is 36.0 Å². The number of rotatable bonds is 5. The van der Waals surface area contributed by atoms with E-state index in [-0.39, 0.29) is 11.9 Å². The van der Waals surface area contributed by atoms with Crippen molar-refractivity contribution in [2.75, 3.05) is 26.7 Å². The Kier molecular flexibility index (Phi) is 5.02. The molecule has 0 bridgehead atoms. The maximum Gasteiger partial charge on any atom is 0.316 e. The Bertz CT molecular complexity index is 825. The summed E-state index contributed by atoms with van der Waals surface area (Å²) >= 11 is 0. The fourth-order valence-electron chi connectivity index (χ4n) is 4.76. The van der Waals surface area contributed by atoms with Crippen molar-refractivity contribution in [3.05, 3.63) is 71.3 Å². The zero-order valence-corrected chi connectivity index (χ0v) is 16.7. The third-order valence-electron chi connectivity index (χ3n) is 6.69. The maximum atomic E-state index is 12.6. The van der Waals surface area contributed by atoms with E-state index in [0.29, 0.717) is 0 Å². The quantitative estimate of drug-likeness (QED) is 0.809. The van der Waals surface area contributed by atoms with Crippen LogP contribution in [0.5, 0.6) is 0 Å². The van der Waals surface area contributed by atoms with Gasteiger partial charge >= 0.3 is 5.97 Å². The molecule has 1 saturated heterocycles. The highest BCUT2D eigenvalue weighted by Gasteiger charge is 2.62. The second-order valence-corrected chi connectivity index (χ2v) is 8.43. The van der Waals surface area contributed by atoms with Crippen molar-refractivity contribution in [2.24, 2.45) is 5.92 Å². The van der Waals surface area contributed by atoms with Crippen LogP contribution in [0, 0.1) is 12.8 Å². The summed E-state index contributed by atoms with van der Waals surface area (Å²) in [4.78, 5) is 15.0. The zero-order chi connectivity index (χ0) is 19.8. The van der Waals surface area contributed by atoms with Crippen molar-refractivity contribution in [3.63, 3.8) is 0 Å². The van der Waals surface area contributed by atoms with Crippen LogP contribution in [0.2, 0.25) is 0 Å². The molecule has 1 N–H and O–H groups in total. The van der Waals surface area contributed by atoms with Crippen LogP contribution < -0.4 is 0 Å². The number of carbonyl (C=O) groups excluding carboxylic acids is 1. The monoisotopic (exact) mass is 379 g/mol. The smallest absolute Gasteiger partial charge is 0.316 e. The fraction of sp³-hybridized carbons (Fsp3) is 0.458. The van der Waals surface area contributed by atoms with Gasteiger partial charge in [-0.3, -0.25) is 4.79 Å². The third-order valence-corrected chi connectivity index (χ3v) is 6.69. The van der Waals surface area contributed by atoms with E-state index >= 15 is 0 Å². The summed E-state index contributed by atoms with van der Waals surface area (Å²) in [6.07, 6.45) is 2.28. The number of ether oxygens (including phenoxy) is 1. The molecule has 2 aromatic rings. The van der Waals surface area contributed by atoms with Crippen molar-refractivity contribution >= 4 is 5.97 Å². The molecule has 0 spiro atoms. The average molecular weight is 380 g/mol. The first-order valence-corrected chi connectivity index (χ1v) is 10.1. The summed E-state index contributed by atoms with van der Waals surface area (Å²) in [5.41, 5.74) is 2.02. The Morgan fingerprint density at radius 2 is 1.71 bits per heavy atom. The molecule has 0 amide bonds. The molecule has 1 aliphatic heterocycles. The molecule has 2 fully saturated rings. The number of likely N-dealkylation sites (tertiary alicyclic amines) is 1. The van der Waals surface area contributed by atoms with Crippen LogP contribution in [-0.2, 0) is 20.5 Å². The molecule has 0 unspecified atom stereocenters. The van der Waals surface area contributed by atoms with Gasteiger partial charge in [0.15, 0.2) is 0 Å². The van der Waals surface area contributed by atoms with Gasteiger partial charge in [0, 0.05) is 19.6 Å². The number of esters is 1. The summed E-state index contributed by atoms with van der Waals surface area (Å²) in [6, 6.07) is 18.2. The lowest BCUT2D eigenvalue weighted by Gasteiger charge is -2.39. The van der Waals surface area contributed by atoms with Crippen molar-refractivity contribution in [3.8, 4) is 0 Å². The van der Waals surface area contributed by atoms with Crippen molar-refractivity contribution < 1.29 is 14.6 Å². The number of aryl methyl sites for hydroxylation is 1. The molecule has 1 aliphatic carbocycles. The molecular formula is C24H29NO3. The van der Waals surface area contributed by atoms with E-state index < -0.39 is 11.0 Å². The predicted octanol–water partition coefficient (Wildman–Crippen LogP) is 3.41. The topological polar surface area (TPSA) is 49.8 Å². The van der Waals surface area contributed by atoms with Crippen LogP contribution in [-0.4, -0.2) is 42.7 Å². The van der Waals surface area contributed by atoms with Gasteiger partial charge in [-0.05, 0) is 43.2 Å². The molecule has 2 aliphatic rings.